The van der Waals surface area contributed by atoms with Crippen LogP contribution in [-0.2, 0) is 14.3 Å². The van der Waals surface area contributed by atoms with Gasteiger partial charge in [0.1, 0.15) is 30.3 Å². The van der Waals surface area contributed by atoms with Gasteiger partial charge >= 0.3 is 5.97 Å². The number of halogens is 2. The normalized spacial score (nSPS) is 14.6. The number of hydrogen-bond acceptors (Lipinski definition) is 6. The summed E-state index contributed by atoms with van der Waals surface area (Å²) in [6, 6.07) is 10.5. The van der Waals surface area contributed by atoms with Crippen molar-refractivity contribution in [3.63, 3.8) is 0 Å². The fourth-order valence-corrected chi connectivity index (χ4v) is 4.89. The first kappa shape index (κ1) is 24.9. The lowest BCUT2D eigenvalue weighted by atomic mass is 10.1. The smallest absolute Gasteiger partial charge is 0.325 e. The number of esters is 1. The van der Waals surface area contributed by atoms with Crippen LogP contribution in [0.3, 0.4) is 0 Å². The van der Waals surface area contributed by atoms with E-state index in [2.05, 4.69) is 38.4 Å². The maximum absolute atomic E-state index is 13.4. The van der Waals surface area contributed by atoms with Gasteiger partial charge in [-0.1, -0.05) is 12.7 Å². The highest BCUT2D eigenvalue weighted by Crippen LogP contribution is 2.37. The Hall–Kier alpha value is -2.69. The summed E-state index contributed by atoms with van der Waals surface area (Å²) in [7, 11) is 2.84. The molecule has 1 aliphatic rings. The molecule has 0 radical (unpaired) electrons. The minimum atomic E-state index is -0.525. The second kappa shape index (κ2) is 11.0. The molecule has 172 valence electrons. The molecule has 10 heteroatoms. The van der Waals surface area contributed by atoms with Gasteiger partial charge in [0.2, 0.25) is 0 Å². The minimum absolute atomic E-state index is 0.172. The second-order valence-corrected chi connectivity index (χ2v) is 8.80. The molecule has 0 saturated carbocycles. The van der Waals surface area contributed by atoms with Crippen LogP contribution in [0.5, 0.6) is 11.5 Å². The highest BCUT2D eigenvalue weighted by Gasteiger charge is 2.40. The fourth-order valence-electron chi connectivity index (χ4n) is 3.09. The molecular weight excluding hydrogens is 576 g/mol. The lowest BCUT2D eigenvalue weighted by Crippen LogP contribution is -2.35. The zero-order chi connectivity index (χ0) is 24.1. The fraction of sp³-hybridized carbons (Fsp3) is 0.174. The van der Waals surface area contributed by atoms with Gasteiger partial charge in [-0.25, -0.2) is 0 Å². The van der Waals surface area contributed by atoms with Crippen molar-refractivity contribution in [1.29, 1.82) is 0 Å². The van der Waals surface area contributed by atoms with Crippen molar-refractivity contribution in [3.05, 3.63) is 69.3 Å². The summed E-state index contributed by atoms with van der Waals surface area (Å²) in [4.78, 5) is 28.3. The lowest BCUT2D eigenvalue weighted by molar-refractivity contribution is -0.140. The number of carbonyl (C=O) groups is 2. The highest BCUT2D eigenvalue weighted by molar-refractivity contribution is 9.11. The number of rotatable bonds is 8. The van der Waals surface area contributed by atoms with E-state index in [-0.39, 0.29) is 23.3 Å². The van der Waals surface area contributed by atoms with Crippen LogP contribution >= 0.6 is 44.1 Å². The number of hydrogen-bond donors (Lipinski definition) is 0. The number of amides is 1. The van der Waals surface area contributed by atoms with Crippen LogP contribution in [0.2, 0.25) is 0 Å². The summed E-state index contributed by atoms with van der Waals surface area (Å²) >= 11 is 12.6. The van der Waals surface area contributed by atoms with E-state index in [4.69, 9.17) is 26.4 Å². The predicted molar refractivity (Wildman–Crippen MR) is 137 cm³/mol. The van der Waals surface area contributed by atoms with Crippen LogP contribution in [0.4, 0.5) is 5.69 Å². The van der Waals surface area contributed by atoms with Gasteiger partial charge in [-0.2, -0.15) is 0 Å². The van der Waals surface area contributed by atoms with Gasteiger partial charge in [0, 0.05) is 0 Å². The first-order chi connectivity index (χ1) is 15.8. The van der Waals surface area contributed by atoms with E-state index in [9.17, 15) is 9.59 Å². The largest absolute Gasteiger partial charge is 0.497 e. The zero-order valence-corrected chi connectivity index (χ0v) is 21.8. The van der Waals surface area contributed by atoms with E-state index in [0.29, 0.717) is 38.3 Å². The number of carbonyl (C=O) groups excluding carboxylic acids is 2. The van der Waals surface area contributed by atoms with Gasteiger partial charge in [-0.05, 0) is 92.1 Å². The van der Waals surface area contributed by atoms with Crippen molar-refractivity contribution in [2.24, 2.45) is 0 Å². The first-order valence-corrected chi connectivity index (χ1v) is 11.6. The molecule has 2 aromatic carbocycles. The number of thiocarbonyl (C=S) groups is 1. The van der Waals surface area contributed by atoms with Crippen molar-refractivity contribution in [2.45, 2.75) is 0 Å². The monoisotopic (exact) mass is 594 g/mol. The number of nitrogens with zero attached hydrogens (tertiary/aromatic N) is 2. The van der Waals surface area contributed by atoms with Crippen LogP contribution in [-0.4, -0.2) is 49.3 Å². The molecule has 7 nitrogen and oxygen atoms in total. The van der Waals surface area contributed by atoms with E-state index in [1.54, 1.807) is 55.7 Å². The van der Waals surface area contributed by atoms with Crippen molar-refractivity contribution in [2.75, 3.05) is 32.3 Å². The van der Waals surface area contributed by atoms with Gasteiger partial charge in [0.25, 0.3) is 5.91 Å². The Morgan fingerprint density at radius 2 is 1.79 bits per heavy atom. The third-order valence-electron chi connectivity index (χ3n) is 4.65. The van der Waals surface area contributed by atoms with Gasteiger partial charge in [0.15, 0.2) is 5.11 Å². The topological polar surface area (TPSA) is 68.3 Å². The maximum atomic E-state index is 13.4. The Labute approximate surface area is 213 Å². The first-order valence-electron chi connectivity index (χ1n) is 9.62. The van der Waals surface area contributed by atoms with E-state index in [1.807, 2.05) is 0 Å². The van der Waals surface area contributed by atoms with Gasteiger partial charge in [-0.3, -0.25) is 14.5 Å². The number of ether oxygens (including phenoxy) is 3. The molecule has 0 aromatic heterocycles. The van der Waals surface area contributed by atoms with Crippen LogP contribution in [0.15, 0.2) is 63.7 Å². The summed E-state index contributed by atoms with van der Waals surface area (Å²) in [5.74, 6) is 0.361. The quantitative estimate of drug-likeness (QED) is 0.185. The Kier molecular flexibility index (Phi) is 8.28. The average Bonchev–Trinajstić information content (AvgIpc) is 3.02. The summed E-state index contributed by atoms with van der Waals surface area (Å²) < 4.78 is 17.0. The zero-order valence-electron chi connectivity index (χ0n) is 17.8. The standard InChI is InChI=1S/C23H20Br2N2O5S/c1-4-9-32-21-17(24)10-14(11-18(21)25)12-19-22(29)27(15-5-7-16(30-2)8-6-15)23(33)26(19)13-20(28)31-3/h4-8,10-12H,1,9,13H2,2-3H3/b19-12-. The van der Waals surface area contributed by atoms with E-state index < -0.39 is 5.97 Å². The predicted octanol–water partition coefficient (Wildman–Crippen LogP) is 4.93. The van der Waals surface area contributed by atoms with E-state index in [0.717, 1.165) is 0 Å². The molecular formula is C23H20Br2N2O5S. The van der Waals surface area contributed by atoms with Crippen molar-refractivity contribution in [3.8, 4) is 11.5 Å². The summed E-state index contributed by atoms with van der Waals surface area (Å²) in [6.45, 7) is 3.78. The number of methoxy groups -OCH3 is 2. The van der Waals surface area contributed by atoms with Crippen LogP contribution in [0.25, 0.3) is 6.08 Å². The molecule has 1 saturated heterocycles. The molecule has 3 rings (SSSR count). The highest BCUT2D eigenvalue weighted by atomic mass is 79.9. The summed E-state index contributed by atoms with van der Waals surface area (Å²) in [5.41, 5.74) is 1.48. The van der Waals surface area contributed by atoms with Crippen LogP contribution < -0.4 is 14.4 Å². The van der Waals surface area contributed by atoms with Crippen molar-refractivity contribution < 1.29 is 23.8 Å². The summed E-state index contributed by atoms with van der Waals surface area (Å²) in [5, 5.41) is 0.172. The molecule has 1 aliphatic heterocycles. The summed E-state index contributed by atoms with van der Waals surface area (Å²) in [6.07, 6.45) is 3.30. The second-order valence-electron chi connectivity index (χ2n) is 6.73. The van der Waals surface area contributed by atoms with Gasteiger partial charge in [0.05, 0.1) is 28.9 Å². The Morgan fingerprint density at radius 3 is 2.33 bits per heavy atom. The minimum Gasteiger partial charge on any atom is -0.497 e. The molecule has 0 aliphatic carbocycles. The molecule has 0 unspecified atom stereocenters. The molecule has 1 heterocycles. The molecule has 2 aromatic rings. The van der Waals surface area contributed by atoms with Crippen molar-refractivity contribution in [1.82, 2.24) is 4.90 Å². The van der Waals surface area contributed by atoms with E-state index >= 15 is 0 Å². The molecule has 0 atom stereocenters. The Morgan fingerprint density at radius 1 is 1.15 bits per heavy atom. The third-order valence-corrected chi connectivity index (χ3v) is 6.23. The number of benzene rings is 2. The van der Waals surface area contributed by atoms with Gasteiger partial charge in [-0.15, -0.1) is 0 Å². The molecule has 1 amide bonds. The molecule has 0 N–H and O–H groups in total. The van der Waals surface area contributed by atoms with Gasteiger partial charge < -0.3 is 19.1 Å². The average molecular weight is 596 g/mol. The van der Waals surface area contributed by atoms with Crippen molar-refractivity contribution >= 4 is 72.8 Å². The van der Waals surface area contributed by atoms with Crippen LogP contribution in [0.1, 0.15) is 5.56 Å². The molecule has 0 spiro atoms. The van der Waals surface area contributed by atoms with Crippen LogP contribution in [0, 0.1) is 0 Å². The Bertz CT molecular complexity index is 1110. The third kappa shape index (κ3) is 5.45. The van der Waals surface area contributed by atoms with E-state index in [1.165, 1.54) is 16.9 Å². The number of anilines is 1. The SMILES string of the molecule is C=CCOc1c(Br)cc(/C=C2/C(=O)N(c3ccc(OC)cc3)C(=S)N2CC(=O)OC)cc1Br. The molecule has 33 heavy (non-hydrogen) atoms. The Balaban J connectivity index is 2.04. The molecule has 0 bridgehead atoms. The molecule has 1 fully saturated rings. The lowest BCUT2D eigenvalue weighted by Gasteiger charge is -2.19. The maximum Gasteiger partial charge on any atom is 0.325 e.